The molecule has 0 saturated carbocycles. The second-order valence-electron chi connectivity index (χ2n) is 4.66. The third kappa shape index (κ3) is 2.67. The van der Waals surface area contributed by atoms with Crippen LogP contribution in [-0.2, 0) is 7.05 Å². The molecule has 0 aliphatic heterocycles. The molecule has 1 N–H and O–H groups in total. The fourth-order valence-electron chi connectivity index (χ4n) is 2.20. The summed E-state index contributed by atoms with van der Waals surface area (Å²) >= 11 is 0. The lowest BCUT2D eigenvalue weighted by Crippen LogP contribution is -2.17. The van der Waals surface area contributed by atoms with E-state index in [1.165, 1.54) is 0 Å². The normalized spacial score (nSPS) is 11.1. The Bertz CT molecular complexity index is 806. The summed E-state index contributed by atoms with van der Waals surface area (Å²) < 4.78 is 1.93. The number of amides is 1. The van der Waals surface area contributed by atoms with Crippen LogP contribution in [-0.4, -0.2) is 21.7 Å². The van der Waals surface area contributed by atoms with Crippen LogP contribution in [0.2, 0.25) is 0 Å². The Kier molecular flexibility index (Phi) is 3.47. The zero-order chi connectivity index (χ0) is 14.7. The van der Waals surface area contributed by atoms with Gasteiger partial charge in [-0.15, -0.1) is 0 Å². The monoisotopic (exact) mass is 278 g/mol. The highest BCUT2D eigenvalue weighted by Gasteiger charge is 2.12. The number of aryl methyl sites for hydroxylation is 1. The molecule has 3 aromatic rings. The van der Waals surface area contributed by atoms with E-state index in [-0.39, 0.29) is 5.91 Å². The van der Waals surface area contributed by atoms with Gasteiger partial charge in [0.25, 0.3) is 5.91 Å². The summed E-state index contributed by atoms with van der Waals surface area (Å²) in [7, 11) is 1.91. The fraction of sp³-hybridized carbons (Fsp3) is 0.0625. The van der Waals surface area contributed by atoms with E-state index >= 15 is 0 Å². The first kappa shape index (κ1) is 13.1. The van der Waals surface area contributed by atoms with Crippen molar-refractivity contribution < 1.29 is 4.79 Å². The lowest BCUT2D eigenvalue weighted by atomic mass is 10.2. The smallest absolute Gasteiger partial charge is 0.273 e. The number of benzene rings is 1. The van der Waals surface area contributed by atoms with E-state index in [1.54, 1.807) is 24.8 Å². The van der Waals surface area contributed by atoms with E-state index in [4.69, 9.17) is 0 Å². The van der Waals surface area contributed by atoms with Crippen LogP contribution in [0.15, 0.2) is 60.1 Å². The Labute approximate surface area is 121 Å². The second-order valence-corrected chi connectivity index (χ2v) is 4.66. The Balaban J connectivity index is 1.80. The Morgan fingerprint density at radius 2 is 2.14 bits per heavy atom. The number of carbonyl (C=O) groups is 1. The quantitative estimate of drug-likeness (QED) is 0.590. The average molecular weight is 278 g/mol. The molecule has 3 rings (SSSR count). The van der Waals surface area contributed by atoms with Gasteiger partial charge in [-0.05, 0) is 12.1 Å². The molecule has 1 amide bonds. The van der Waals surface area contributed by atoms with E-state index in [9.17, 15) is 4.79 Å². The van der Waals surface area contributed by atoms with E-state index < -0.39 is 0 Å². The van der Waals surface area contributed by atoms with Crippen molar-refractivity contribution in [3.05, 3.63) is 66.1 Å². The number of hydrogen-bond donors (Lipinski definition) is 1. The maximum absolute atomic E-state index is 12.2. The Hall–Kier alpha value is -2.95. The van der Waals surface area contributed by atoms with Crippen molar-refractivity contribution in [1.82, 2.24) is 15.0 Å². The average Bonchev–Trinajstić information content (AvgIpc) is 2.86. The van der Waals surface area contributed by atoms with Crippen LogP contribution in [0.5, 0.6) is 0 Å². The minimum absolute atomic E-state index is 0.230. The molecule has 2 heterocycles. The van der Waals surface area contributed by atoms with Crippen LogP contribution in [0.25, 0.3) is 10.9 Å². The lowest BCUT2D eigenvalue weighted by molar-refractivity contribution is 0.0956. The number of nitrogens with zero attached hydrogens (tertiary/aromatic N) is 3. The minimum Gasteiger partial charge on any atom is -0.350 e. The Morgan fingerprint density at radius 3 is 2.95 bits per heavy atom. The first-order valence-electron chi connectivity index (χ1n) is 6.53. The van der Waals surface area contributed by atoms with Gasteiger partial charge in [-0.1, -0.05) is 24.3 Å². The van der Waals surface area contributed by atoms with E-state index in [2.05, 4.69) is 15.5 Å². The van der Waals surface area contributed by atoms with Gasteiger partial charge in [0.1, 0.15) is 0 Å². The molecule has 0 atom stereocenters. The van der Waals surface area contributed by atoms with Gasteiger partial charge in [-0.2, -0.15) is 5.10 Å². The van der Waals surface area contributed by atoms with E-state index in [0.29, 0.717) is 5.56 Å². The fourth-order valence-corrected chi connectivity index (χ4v) is 2.20. The standard InChI is InChI=1S/C16H14N4O/c1-20-11-14(13-6-2-3-7-15(13)20)16(21)19-18-10-12-5-4-8-17-9-12/h2-11H,1H3,(H,19,21)/b18-10-. The van der Waals surface area contributed by atoms with Gasteiger partial charge in [0, 0.05) is 42.1 Å². The van der Waals surface area contributed by atoms with Crippen molar-refractivity contribution in [1.29, 1.82) is 0 Å². The molecule has 0 aliphatic carbocycles. The van der Waals surface area contributed by atoms with E-state index in [0.717, 1.165) is 16.5 Å². The topological polar surface area (TPSA) is 59.3 Å². The number of rotatable bonds is 3. The largest absolute Gasteiger partial charge is 0.350 e. The van der Waals surface area contributed by atoms with Crippen LogP contribution < -0.4 is 5.43 Å². The molecular formula is C16H14N4O. The van der Waals surface area contributed by atoms with Crippen molar-refractivity contribution in [2.75, 3.05) is 0 Å². The van der Waals surface area contributed by atoms with Gasteiger partial charge in [-0.3, -0.25) is 9.78 Å². The number of fused-ring (bicyclic) bond motifs is 1. The summed E-state index contributed by atoms with van der Waals surface area (Å²) in [6.07, 6.45) is 6.73. The van der Waals surface area contributed by atoms with Crippen LogP contribution in [0.1, 0.15) is 15.9 Å². The molecule has 0 bridgehead atoms. The molecule has 2 aromatic heterocycles. The summed E-state index contributed by atoms with van der Waals surface area (Å²) in [5, 5.41) is 4.87. The van der Waals surface area contributed by atoms with Gasteiger partial charge in [0.15, 0.2) is 0 Å². The molecule has 5 nitrogen and oxygen atoms in total. The number of aromatic nitrogens is 2. The highest BCUT2D eigenvalue weighted by atomic mass is 16.2. The van der Waals surface area contributed by atoms with Gasteiger partial charge < -0.3 is 4.57 Å². The molecule has 0 radical (unpaired) electrons. The molecule has 104 valence electrons. The molecule has 0 fully saturated rings. The van der Waals surface area contributed by atoms with Crippen molar-refractivity contribution >= 4 is 23.0 Å². The first-order valence-corrected chi connectivity index (χ1v) is 6.53. The predicted octanol–water partition coefficient (Wildman–Crippen LogP) is 2.34. The maximum Gasteiger partial charge on any atom is 0.273 e. The van der Waals surface area contributed by atoms with Crippen molar-refractivity contribution in [2.45, 2.75) is 0 Å². The second kappa shape index (κ2) is 5.58. The predicted molar refractivity (Wildman–Crippen MR) is 82.2 cm³/mol. The highest BCUT2D eigenvalue weighted by molar-refractivity contribution is 6.07. The summed E-state index contributed by atoms with van der Waals surface area (Å²) in [5.74, 6) is -0.230. The summed E-state index contributed by atoms with van der Waals surface area (Å²) in [6.45, 7) is 0. The van der Waals surface area contributed by atoms with Crippen molar-refractivity contribution in [2.24, 2.45) is 12.1 Å². The molecule has 5 heteroatoms. The molecule has 0 spiro atoms. The van der Waals surface area contributed by atoms with Crippen LogP contribution in [0.4, 0.5) is 0 Å². The zero-order valence-electron chi connectivity index (χ0n) is 11.5. The van der Waals surface area contributed by atoms with Crippen molar-refractivity contribution in [3.63, 3.8) is 0 Å². The maximum atomic E-state index is 12.2. The van der Waals surface area contributed by atoms with Crippen LogP contribution in [0, 0.1) is 0 Å². The summed E-state index contributed by atoms with van der Waals surface area (Å²) in [5.41, 5.74) is 4.99. The number of pyridine rings is 1. The molecule has 1 aromatic carbocycles. The number of nitrogens with one attached hydrogen (secondary N) is 1. The van der Waals surface area contributed by atoms with Crippen LogP contribution >= 0.6 is 0 Å². The number of hydrazone groups is 1. The summed E-state index contributed by atoms with van der Waals surface area (Å²) in [4.78, 5) is 16.2. The molecule has 0 aliphatic rings. The number of hydrogen-bond acceptors (Lipinski definition) is 3. The van der Waals surface area contributed by atoms with Gasteiger partial charge in [-0.25, -0.2) is 5.43 Å². The number of para-hydroxylation sites is 1. The highest BCUT2D eigenvalue weighted by Crippen LogP contribution is 2.19. The SMILES string of the molecule is Cn1cc(C(=O)N/N=C\c2cccnc2)c2ccccc21. The third-order valence-electron chi connectivity index (χ3n) is 3.21. The van der Waals surface area contributed by atoms with Gasteiger partial charge >= 0.3 is 0 Å². The number of carbonyl (C=O) groups excluding carboxylic acids is 1. The molecular weight excluding hydrogens is 264 g/mol. The first-order chi connectivity index (χ1) is 10.3. The van der Waals surface area contributed by atoms with Crippen LogP contribution in [0.3, 0.4) is 0 Å². The third-order valence-corrected chi connectivity index (χ3v) is 3.21. The lowest BCUT2D eigenvalue weighted by Gasteiger charge is -1.97. The molecule has 21 heavy (non-hydrogen) atoms. The summed E-state index contributed by atoms with van der Waals surface area (Å²) in [6, 6.07) is 11.4. The minimum atomic E-state index is -0.230. The Morgan fingerprint density at radius 1 is 1.29 bits per heavy atom. The zero-order valence-corrected chi connectivity index (χ0v) is 11.5. The molecule has 0 unspecified atom stereocenters. The van der Waals surface area contributed by atoms with Gasteiger partial charge in [0.2, 0.25) is 0 Å². The van der Waals surface area contributed by atoms with E-state index in [1.807, 2.05) is 48.0 Å². The molecule has 0 saturated heterocycles. The van der Waals surface area contributed by atoms with Crippen molar-refractivity contribution in [3.8, 4) is 0 Å². The van der Waals surface area contributed by atoms with Gasteiger partial charge in [0.05, 0.1) is 11.8 Å².